The topological polar surface area (TPSA) is 68.2 Å². The van der Waals surface area contributed by atoms with Gasteiger partial charge in [0.15, 0.2) is 0 Å². The fourth-order valence-corrected chi connectivity index (χ4v) is 3.43. The number of likely N-dealkylation sites (N-methyl/N-ethyl adjacent to an activating group) is 1. The van der Waals surface area contributed by atoms with E-state index >= 15 is 0 Å². The van der Waals surface area contributed by atoms with Gasteiger partial charge >= 0.3 is 0 Å². The summed E-state index contributed by atoms with van der Waals surface area (Å²) in [5.41, 5.74) is 0.539. The van der Waals surface area contributed by atoms with Crippen molar-refractivity contribution in [1.29, 1.82) is 5.26 Å². The average Bonchev–Trinajstić information content (AvgIpc) is 2.96. The van der Waals surface area contributed by atoms with Crippen LogP contribution in [-0.2, 0) is 4.79 Å². The number of anilines is 1. The lowest BCUT2D eigenvalue weighted by atomic mass is 10.1. The molecule has 1 aliphatic heterocycles. The summed E-state index contributed by atoms with van der Waals surface area (Å²) >= 11 is 1.39. The van der Waals surface area contributed by atoms with Gasteiger partial charge in [-0.2, -0.15) is 5.26 Å². The van der Waals surface area contributed by atoms with Gasteiger partial charge in [0.25, 0.3) is 0 Å². The predicted molar refractivity (Wildman–Crippen MR) is 85.4 cm³/mol. The van der Waals surface area contributed by atoms with Crippen LogP contribution in [0.5, 0.6) is 0 Å². The van der Waals surface area contributed by atoms with Crippen LogP contribution in [0.15, 0.2) is 11.4 Å². The van der Waals surface area contributed by atoms with E-state index in [4.69, 9.17) is 5.26 Å². The summed E-state index contributed by atoms with van der Waals surface area (Å²) in [6, 6.07) is 4.35. The Morgan fingerprint density at radius 3 is 3.19 bits per heavy atom. The molecule has 21 heavy (non-hydrogen) atoms. The molecule has 1 amide bonds. The summed E-state index contributed by atoms with van der Waals surface area (Å²) in [6.45, 7) is 5.98. The number of nitrogens with zero attached hydrogens (tertiary/aromatic N) is 2. The SMILES string of the molecule is CCN(CCC(=O)Nc1sccc1C#N)C1CCCNC1. The van der Waals surface area contributed by atoms with Crippen LogP contribution in [0.3, 0.4) is 0 Å². The molecular weight excluding hydrogens is 284 g/mol. The largest absolute Gasteiger partial charge is 0.317 e. The third kappa shape index (κ3) is 4.53. The van der Waals surface area contributed by atoms with E-state index in [9.17, 15) is 4.79 Å². The Balaban J connectivity index is 1.81. The molecule has 0 spiro atoms. The molecule has 114 valence electrons. The number of nitriles is 1. The van der Waals surface area contributed by atoms with E-state index < -0.39 is 0 Å². The van der Waals surface area contributed by atoms with E-state index in [-0.39, 0.29) is 5.91 Å². The van der Waals surface area contributed by atoms with Gasteiger partial charge in [0.2, 0.25) is 5.91 Å². The van der Waals surface area contributed by atoms with E-state index in [1.54, 1.807) is 6.07 Å². The Morgan fingerprint density at radius 1 is 1.67 bits per heavy atom. The number of nitrogens with one attached hydrogen (secondary N) is 2. The molecule has 0 saturated carbocycles. The van der Waals surface area contributed by atoms with E-state index in [1.807, 2.05) is 5.38 Å². The fourth-order valence-electron chi connectivity index (χ4n) is 2.67. The summed E-state index contributed by atoms with van der Waals surface area (Å²) in [5, 5.41) is 17.7. The van der Waals surface area contributed by atoms with Crippen molar-refractivity contribution >= 4 is 22.2 Å². The quantitative estimate of drug-likeness (QED) is 0.844. The fraction of sp³-hybridized carbons (Fsp3) is 0.600. The molecule has 2 N–H and O–H groups in total. The second-order valence-corrected chi connectivity index (χ2v) is 6.12. The van der Waals surface area contributed by atoms with Crippen LogP contribution in [0.25, 0.3) is 0 Å². The minimum absolute atomic E-state index is 0.0174. The van der Waals surface area contributed by atoms with Crippen LogP contribution in [0.1, 0.15) is 31.7 Å². The zero-order chi connectivity index (χ0) is 15.1. The molecule has 2 heterocycles. The van der Waals surface area contributed by atoms with Gasteiger partial charge in [-0.3, -0.25) is 9.69 Å². The molecule has 0 aliphatic carbocycles. The first-order chi connectivity index (χ1) is 10.2. The predicted octanol–water partition coefficient (Wildman–Crippen LogP) is 2.02. The molecule has 1 saturated heterocycles. The number of thiophene rings is 1. The highest BCUT2D eigenvalue weighted by molar-refractivity contribution is 7.14. The number of carbonyl (C=O) groups excluding carboxylic acids is 1. The molecule has 0 aromatic carbocycles. The Morgan fingerprint density at radius 2 is 2.52 bits per heavy atom. The van der Waals surface area contributed by atoms with Crippen molar-refractivity contribution in [3.63, 3.8) is 0 Å². The zero-order valence-electron chi connectivity index (χ0n) is 12.4. The van der Waals surface area contributed by atoms with Crippen molar-refractivity contribution in [1.82, 2.24) is 10.2 Å². The normalized spacial score (nSPS) is 18.4. The third-order valence-electron chi connectivity index (χ3n) is 3.86. The summed E-state index contributed by atoms with van der Waals surface area (Å²) in [4.78, 5) is 14.4. The summed E-state index contributed by atoms with van der Waals surface area (Å²) in [6.07, 6.45) is 2.87. The van der Waals surface area contributed by atoms with Crippen LogP contribution < -0.4 is 10.6 Å². The summed E-state index contributed by atoms with van der Waals surface area (Å²) < 4.78 is 0. The zero-order valence-corrected chi connectivity index (χ0v) is 13.2. The van der Waals surface area contributed by atoms with Gasteiger partial charge in [-0.15, -0.1) is 11.3 Å². The van der Waals surface area contributed by atoms with Crippen LogP contribution in [-0.4, -0.2) is 43.0 Å². The van der Waals surface area contributed by atoms with Crippen LogP contribution in [0, 0.1) is 11.3 Å². The van der Waals surface area contributed by atoms with Crippen molar-refractivity contribution < 1.29 is 4.79 Å². The van der Waals surface area contributed by atoms with Gasteiger partial charge in [0.05, 0.1) is 5.56 Å². The second kappa shape index (κ2) is 8.13. The molecule has 1 fully saturated rings. The van der Waals surface area contributed by atoms with Crippen molar-refractivity contribution in [3.8, 4) is 6.07 Å². The monoisotopic (exact) mass is 306 g/mol. The van der Waals surface area contributed by atoms with E-state index in [2.05, 4.69) is 28.5 Å². The minimum atomic E-state index is -0.0174. The average molecular weight is 306 g/mol. The highest BCUT2D eigenvalue weighted by Crippen LogP contribution is 2.22. The van der Waals surface area contributed by atoms with Crippen LogP contribution in [0.2, 0.25) is 0 Å². The van der Waals surface area contributed by atoms with Crippen molar-refractivity contribution in [2.45, 2.75) is 32.2 Å². The third-order valence-corrected chi connectivity index (χ3v) is 4.69. The Bertz CT molecular complexity index is 502. The number of rotatable bonds is 6. The van der Waals surface area contributed by atoms with E-state index in [0.717, 1.165) is 26.2 Å². The van der Waals surface area contributed by atoms with Crippen molar-refractivity contribution in [3.05, 3.63) is 17.0 Å². The van der Waals surface area contributed by atoms with E-state index in [1.165, 1.54) is 24.2 Å². The Kier molecular flexibility index (Phi) is 6.18. The van der Waals surface area contributed by atoms with Crippen LogP contribution in [0.4, 0.5) is 5.00 Å². The van der Waals surface area contributed by atoms with Gasteiger partial charge in [-0.1, -0.05) is 6.92 Å². The first-order valence-corrected chi connectivity index (χ1v) is 8.34. The van der Waals surface area contributed by atoms with Gasteiger partial charge < -0.3 is 10.6 Å². The molecular formula is C15H22N4OS. The first-order valence-electron chi connectivity index (χ1n) is 7.46. The molecule has 2 rings (SSSR count). The van der Waals surface area contributed by atoms with E-state index in [0.29, 0.717) is 23.0 Å². The number of hydrogen-bond donors (Lipinski definition) is 2. The number of hydrogen-bond acceptors (Lipinski definition) is 5. The second-order valence-electron chi connectivity index (χ2n) is 5.20. The Hall–Kier alpha value is -1.42. The first kappa shape index (κ1) is 16.0. The summed E-state index contributed by atoms with van der Waals surface area (Å²) in [7, 11) is 0. The smallest absolute Gasteiger partial charge is 0.226 e. The molecule has 0 bridgehead atoms. The molecule has 1 unspecified atom stereocenters. The lowest BCUT2D eigenvalue weighted by Crippen LogP contribution is -2.46. The van der Waals surface area contributed by atoms with Crippen molar-refractivity contribution in [2.75, 3.05) is 31.5 Å². The van der Waals surface area contributed by atoms with Gasteiger partial charge in [0.1, 0.15) is 11.1 Å². The highest BCUT2D eigenvalue weighted by Gasteiger charge is 2.20. The molecule has 1 aromatic rings. The Labute approximate surface area is 129 Å². The molecule has 1 atom stereocenters. The molecule has 6 heteroatoms. The molecule has 1 aromatic heterocycles. The molecule has 0 radical (unpaired) electrons. The maximum Gasteiger partial charge on any atom is 0.226 e. The number of piperidine rings is 1. The maximum absolute atomic E-state index is 12.0. The maximum atomic E-state index is 12.0. The number of amides is 1. The lowest BCUT2D eigenvalue weighted by Gasteiger charge is -2.33. The molecule has 1 aliphatic rings. The van der Waals surface area contributed by atoms with Crippen molar-refractivity contribution in [2.24, 2.45) is 0 Å². The van der Waals surface area contributed by atoms with Crippen LogP contribution >= 0.6 is 11.3 Å². The highest BCUT2D eigenvalue weighted by atomic mass is 32.1. The number of carbonyl (C=O) groups is 1. The summed E-state index contributed by atoms with van der Waals surface area (Å²) in [5.74, 6) is -0.0174. The molecule has 5 nitrogen and oxygen atoms in total. The lowest BCUT2D eigenvalue weighted by molar-refractivity contribution is -0.116. The van der Waals surface area contributed by atoms with Gasteiger partial charge in [-0.05, 0) is 37.4 Å². The van der Waals surface area contributed by atoms with Gasteiger partial charge in [0, 0.05) is 25.6 Å². The standard InChI is InChI=1S/C15H22N4OS/c1-2-19(13-4-3-7-17-11-13)8-5-14(20)18-15-12(10-16)6-9-21-15/h6,9,13,17H,2-5,7-8,11H2,1H3,(H,18,20). The van der Waals surface area contributed by atoms with Gasteiger partial charge in [-0.25, -0.2) is 0 Å². The minimum Gasteiger partial charge on any atom is -0.317 e.